The van der Waals surface area contributed by atoms with E-state index in [1.807, 2.05) is 71.3 Å². The number of rotatable bonds is 12. The predicted octanol–water partition coefficient (Wildman–Crippen LogP) is 6.48. The maximum atomic E-state index is 13.2. The Morgan fingerprint density at radius 1 is 1.07 bits per heavy atom. The summed E-state index contributed by atoms with van der Waals surface area (Å²) in [4.78, 5) is 15.3. The second kappa shape index (κ2) is 13.7. The standard InChI is InChI=1S/C32H37N7O3S2/c1-21(2)30-36-35-28-14-13-25(20-38(28)30)44-26-12-7-6-9-22(26)19-33-31(41)34-29-18-27(32(3,4)43-5)37-39(29)23-10-8-11-24(17-23)42-16-15-40/h6-14,17-18,20-21,40H,15-16,19H2,1-5H3,(H2,33,34,41). The molecule has 44 heavy (non-hydrogen) atoms. The van der Waals surface area contributed by atoms with Crippen LogP contribution in [0.5, 0.6) is 5.75 Å². The molecule has 12 heteroatoms. The SMILES string of the molecule is CSC(C)(C)c1cc(NC(=O)NCc2ccccc2Sc2ccc3nnc(C(C)C)n3c2)n(-c2cccc(OCCO)c2)n1. The number of benzene rings is 2. The Kier molecular flexibility index (Phi) is 9.82. The van der Waals surface area contributed by atoms with Gasteiger partial charge in [-0.1, -0.05) is 49.9 Å². The van der Waals surface area contributed by atoms with Gasteiger partial charge < -0.3 is 15.2 Å². The third-order valence-corrected chi connectivity index (χ3v) is 9.38. The van der Waals surface area contributed by atoms with Gasteiger partial charge in [-0.25, -0.2) is 9.48 Å². The van der Waals surface area contributed by atoms with E-state index in [9.17, 15) is 4.79 Å². The van der Waals surface area contributed by atoms with Crippen molar-refractivity contribution >= 4 is 41.0 Å². The highest BCUT2D eigenvalue weighted by atomic mass is 32.2. The van der Waals surface area contributed by atoms with Gasteiger partial charge in [0.2, 0.25) is 0 Å². The summed E-state index contributed by atoms with van der Waals surface area (Å²) in [5, 5.41) is 28.6. The molecule has 0 aliphatic rings. The number of ether oxygens (including phenoxy) is 1. The lowest BCUT2D eigenvalue weighted by atomic mass is 10.1. The van der Waals surface area contributed by atoms with Crippen LogP contribution in [0.3, 0.4) is 0 Å². The van der Waals surface area contributed by atoms with Crippen molar-refractivity contribution in [1.29, 1.82) is 0 Å². The van der Waals surface area contributed by atoms with Gasteiger partial charge in [0, 0.05) is 40.6 Å². The van der Waals surface area contributed by atoms with Gasteiger partial charge in [0.15, 0.2) is 5.65 Å². The number of aliphatic hydroxyl groups excluding tert-OH is 1. The summed E-state index contributed by atoms with van der Waals surface area (Å²) < 4.78 is 9.07. The number of carbonyl (C=O) groups excluding carboxylic acids is 1. The quantitative estimate of drug-likeness (QED) is 0.143. The molecule has 5 aromatic rings. The van der Waals surface area contributed by atoms with E-state index in [4.69, 9.17) is 14.9 Å². The van der Waals surface area contributed by atoms with Gasteiger partial charge in [-0.05, 0) is 56.0 Å². The Balaban J connectivity index is 1.33. The average molecular weight is 632 g/mol. The fourth-order valence-electron chi connectivity index (χ4n) is 4.49. The van der Waals surface area contributed by atoms with Crippen LogP contribution in [0, 0.1) is 0 Å². The van der Waals surface area contributed by atoms with Crippen molar-refractivity contribution < 1.29 is 14.6 Å². The second-order valence-corrected chi connectivity index (χ2v) is 13.5. The van der Waals surface area contributed by atoms with Crippen molar-refractivity contribution in [2.24, 2.45) is 0 Å². The summed E-state index contributed by atoms with van der Waals surface area (Å²) >= 11 is 3.31. The minimum absolute atomic E-state index is 0.0803. The van der Waals surface area contributed by atoms with Crippen LogP contribution in [0.4, 0.5) is 10.6 Å². The summed E-state index contributed by atoms with van der Waals surface area (Å²) in [5.41, 5.74) is 3.37. The van der Waals surface area contributed by atoms with Crippen molar-refractivity contribution in [3.8, 4) is 11.4 Å². The van der Waals surface area contributed by atoms with Crippen LogP contribution in [0.2, 0.25) is 0 Å². The van der Waals surface area contributed by atoms with Crippen molar-refractivity contribution in [3.05, 3.63) is 90.0 Å². The summed E-state index contributed by atoms with van der Waals surface area (Å²) in [6.07, 6.45) is 4.09. The second-order valence-electron chi connectivity index (χ2n) is 10.9. The van der Waals surface area contributed by atoms with Crippen molar-refractivity contribution in [2.45, 2.75) is 54.7 Å². The number of aromatic nitrogens is 5. The molecule has 2 aromatic carbocycles. The molecule has 230 valence electrons. The van der Waals surface area contributed by atoms with Gasteiger partial charge in [-0.2, -0.15) is 16.9 Å². The minimum Gasteiger partial charge on any atom is -0.491 e. The lowest BCUT2D eigenvalue weighted by molar-refractivity contribution is 0.201. The number of thioether (sulfide) groups is 1. The summed E-state index contributed by atoms with van der Waals surface area (Å²) in [6, 6.07) is 21.0. The lowest BCUT2D eigenvalue weighted by Gasteiger charge is -2.18. The number of carbonyl (C=O) groups is 1. The molecule has 0 aliphatic carbocycles. The number of fused-ring (bicyclic) bond motifs is 1. The first-order chi connectivity index (χ1) is 21.2. The molecule has 0 bridgehead atoms. The highest BCUT2D eigenvalue weighted by Crippen LogP contribution is 2.35. The van der Waals surface area contributed by atoms with Crippen LogP contribution in [0.1, 0.15) is 50.7 Å². The zero-order chi connectivity index (χ0) is 31.3. The number of urea groups is 1. The molecule has 0 unspecified atom stereocenters. The first-order valence-corrected chi connectivity index (χ1v) is 16.4. The molecule has 2 amide bonds. The number of hydrogen-bond donors (Lipinski definition) is 3. The molecule has 0 fully saturated rings. The first kappa shape index (κ1) is 31.4. The third kappa shape index (κ3) is 7.20. The number of nitrogens with zero attached hydrogens (tertiary/aromatic N) is 5. The van der Waals surface area contributed by atoms with Gasteiger partial charge in [0.05, 0.1) is 22.7 Å². The number of hydrogen-bond acceptors (Lipinski definition) is 8. The van der Waals surface area contributed by atoms with Crippen LogP contribution in [0.15, 0.2) is 82.7 Å². The topological polar surface area (TPSA) is 119 Å². The normalized spacial score (nSPS) is 11.7. The molecule has 3 heterocycles. The van der Waals surface area contributed by atoms with E-state index in [1.54, 1.807) is 28.2 Å². The van der Waals surface area contributed by atoms with E-state index in [-0.39, 0.29) is 29.9 Å². The number of amides is 2. The van der Waals surface area contributed by atoms with E-state index < -0.39 is 0 Å². The third-order valence-electron chi connectivity index (χ3n) is 7.06. The van der Waals surface area contributed by atoms with E-state index in [0.717, 1.165) is 38.2 Å². The monoisotopic (exact) mass is 631 g/mol. The van der Waals surface area contributed by atoms with Gasteiger partial charge in [-0.15, -0.1) is 10.2 Å². The van der Waals surface area contributed by atoms with Crippen molar-refractivity contribution in [3.63, 3.8) is 0 Å². The summed E-state index contributed by atoms with van der Waals surface area (Å²) in [7, 11) is 0. The molecule has 0 atom stereocenters. The minimum atomic E-state index is -0.348. The number of pyridine rings is 1. The molecule has 10 nitrogen and oxygen atoms in total. The molecule has 5 rings (SSSR count). The molecular weight excluding hydrogens is 595 g/mol. The fourth-order valence-corrected chi connectivity index (χ4v) is 5.76. The number of aliphatic hydroxyl groups is 1. The molecule has 0 spiro atoms. The zero-order valence-electron chi connectivity index (χ0n) is 25.4. The largest absolute Gasteiger partial charge is 0.491 e. The van der Waals surface area contributed by atoms with Crippen molar-refractivity contribution in [2.75, 3.05) is 24.8 Å². The Morgan fingerprint density at radius 2 is 1.89 bits per heavy atom. The molecule has 3 aromatic heterocycles. The van der Waals surface area contributed by atoms with Crippen molar-refractivity contribution in [1.82, 2.24) is 29.7 Å². The molecule has 0 aliphatic heterocycles. The maximum Gasteiger partial charge on any atom is 0.320 e. The zero-order valence-corrected chi connectivity index (χ0v) is 27.1. The molecule has 0 saturated heterocycles. The van der Waals surface area contributed by atoms with Crippen LogP contribution < -0.4 is 15.4 Å². The van der Waals surface area contributed by atoms with Gasteiger partial charge in [-0.3, -0.25) is 9.72 Å². The Morgan fingerprint density at radius 3 is 2.66 bits per heavy atom. The molecule has 3 N–H and O–H groups in total. The Labute approximate surface area is 265 Å². The van der Waals surface area contributed by atoms with Crippen LogP contribution in [-0.4, -0.2) is 55.0 Å². The van der Waals surface area contributed by atoms with E-state index >= 15 is 0 Å². The molecule has 0 radical (unpaired) electrons. The first-order valence-electron chi connectivity index (χ1n) is 14.3. The van der Waals surface area contributed by atoms with Crippen LogP contribution in [0.25, 0.3) is 11.3 Å². The smallest absolute Gasteiger partial charge is 0.320 e. The van der Waals surface area contributed by atoms with E-state index in [2.05, 4.69) is 60.8 Å². The lowest BCUT2D eigenvalue weighted by Crippen LogP contribution is -2.29. The van der Waals surface area contributed by atoms with Crippen LogP contribution >= 0.6 is 23.5 Å². The van der Waals surface area contributed by atoms with Gasteiger partial charge in [0.25, 0.3) is 0 Å². The number of nitrogens with one attached hydrogen (secondary N) is 2. The highest BCUT2D eigenvalue weighted by molar-refractivity contribution is 7.99. The van der Waals surface area contributed by atoms with Gasteiger partial charge in [0.1, 0.15) is 24.0 Å². The Hall–Kier alpha value is -4.00. The summed E-state index contributed by atoms with van der Waals surface area (Å²) in [5.74, 6) is 2.31. The molecular formula is C32H37N7O3S2. The summed E-state index contributed by atoms with van der Waals surface area (Å²) in [6.45, 7) is 8.83. The van der Waals surface area contributed by atoms with E-state index in [0.29, 0.717) is 18.1 Å². The highest BCUT2D eigenvalue weighted by Gasteiger charge is 2.25. The fraction of sp³-hybridized carbons (Fsp3) is 0.312. The Bertz CT molecular complexity index is 1750. The average Bonchev–Trinajstić information content (AvgIpc) is 3.65. The predicted molar refractivity (Wildman–Crippen MR) is 176 cm³/mol. The van der Waals surface area contributed by atoms with Crippen LogP contribution in [-0.2, 0) is 11.3 Å². The number of anilines is 1. The van der Waals surface area contributed by atoms with Gasteiger partial charge >= 0.3 is 6.03 Å². The molecule has 0 saturated carbocycles. The van der Waals surface area contributed by atoms with E-state index in [1.165, 1.54) is 0 Å². The maximum absolute atomic E-state index is 13.2.